The molecule has 0 saturated heterocycles. The van der Waals surface area contributed by atoms with Crippen LogP contribution >= 0.6 is 23.4 Å². The molecule has 2 aromatic rings. The number of halogens is 1. The molecule has 5 nitrogen and oxygen atoms in total. The monoisotopic (exact) mass is 337 g/mol. The summed E-state index contributed by atoms with van der Waals surface area (Å²) in [5.41, 5.74) is 6.97. The van der Waals surface area contributed by atoms with E-state index in [9.17, 15) is 4.79 Å². The zero-order valence-corrected chi connectivity index (χ0v) is 13.8. The van der Waals surface area contributed by atoms with Gasteiger partial charge < -0.3 is 10.5 Å². The van der Waals surface area contributed by atoms with Crippen molar-refractivity contribution in [2.24, 2.45) is 0 Å². The van der Waals surface area contributed by atoms with Gasteiger partial charge in [-0.2, -0.15) is 0 Å². The first-order valence-electron chi connectivity index (χ1n) is 6.73. The van der Waals surface area contributed by atoms with Gasteiger partial charge in [-0.15, -0.1) is 0 Å². The van der Waals surface area contributed by atoms with E-state index >= 15 is 0 Å². The Labute approximate surface area is 138 Å². The summed E-state index contributed by atoms with van der Waals surface area (Å²) in [4.78, 5) is 20.0. The SMILES string of the molecule is CCOC(=O)c1cnc(S[C@H](C)c2ccccc2Cl)nc1N. The molecule has 0 radical (unpaired) electrons. The Morgan fingerprint density at radius 3 is 2.82 bits per heavy atom. The fourth-order valence-electron chi connectivity index (χ4n) is 1.83. The number of esters is 1. The van der Waals surface area contributed by atoms with Crippen molar-refractivity contribution in [3.05, 3.63) is 46.6 Å². The molecule has 0 fully saturated rings. The number of benzene rings is 1. The second kappa shape index (κ2) is 7.47. The van der Waals surface area contributed by atoms with Crippen LogP contribution in [-0.2, 0) is 4.74 Å². The largest absolute Gasteiger partial charge is 0.462 e. The van der Waals surface area contributed by atoms with E-state index in [4.69, 9.17) is 22.1 Å². The lowest BCUT2D eigenvalue weighted by molar-refractivity contribution is 0.0526. The minimum atomic E-state index is -0.518. The summed E-state index contributed by atoms with van der Waals surface area (Å²) in [5, 5.41) is 1.23. The van der Waals surface area contributed by atoms with Gasteiger partial charge in [0.05, 0.1) is 6.61 Å². The molecule has 116 valence electrons. The van der Waals surface area contributed by atoms with E-state index in [1.807, 2.05) is 31.2 Å². The molecule has 0 saturated carbocycles. The topological polar surface area (TPSA) is 78.1 Å². The van der Waals surface area contributed by atoms with Crippen LogP contribution < -0.4 is 5.73 Å². The standard InChI is InChI=1S/C15H16ClN3O2S/c1-3-21-14(20)11-8-18-15(19-13(11)17)22-9(2)10-6-4-5-7-12(10)16/h4-9H,3H2,1-2H3,(H2,17,18,19)/t9-/m1/s1. The van der Waals surface area contributed by atoms with E-state index in [2.05, 4.69) is 9.97 Å². The molecule has 2 N–H and O–H groups in total. The van der Waals surface area contributed by atoms with Crippen LogP contribution in [0.4, 0.5) is 5.82 Å². The Hall–Kier alpha value is -1.79. The van der Waals surface area contributed by atoms with Crippen molar-refractivity contribution >= 4 is 35.1 Å². The number of nitrogens with two attached hydrogens (primary N) is 1. The minimum absolute atomic E-state index is 0.0570. The molecule has 0 spiro atoms. The van der Waals surface area contributed by atoms with Gasteiger partial charge in [-0.3, -0.25) is 0 Å². The first-order chi connectivity index (χ1) is 10.5. The van der Waals surface area contributed by atoms with Crippen LogP contribution in [0.5, 0.6) is 0 Å². The summed E-state index contributed by atoms with van der Waals surface area (Å²) in [5.74, 6) is -0.405. The number of hydrogen-bond donors (Lipinski definition) is 1. The lowest BCUT2D eigenvalue weighted by atomic mass is 10.2. The van der Waals surface area contributed by atoms with E-state index in [0.29, 0.717) is 10.2 Å². The fourth-order valence-corrected chi connectivity index (χ4v) is 3.10. The zero-order chi connectivity index (χ0) is 16.1. The zero-order valence-electron chi connectivity index (χ0n) is 12.2. The minimum Gasteiger partial charge on any atom is -0.462 e. The van der Waals surface area contributed by atoms with Gasteiger partial charge in [-0.1, -0.05) is 41.6 Å². The van der Waals surface area contributed by atoms with Gasteiger partial charge in [0.1, 0.15) is 11.4 Å². The predicted molar refractivity (Wildman–Crippen MR) is 88.1 cm³/mol. The average Bonchev–Trinajstić information content (AvgIpc) is 2.47. The molecule has 0 aliphatic rings. The smallest absolute Gasteiger partial charge is 0.343 e. The van der Waals surface area contributed by atoms with Crippen molar-refractivity contribution in [3.8, 4) is 0 Å². The van der Waals surface area contributed by atoms with Crippen molar-refractivity contribution < 1.29 is 9.53 Å². The summed E-state index contributed by atoms with van der Waals surface area (Å²) in [6, 6.07) is 7.60. The van der Waals surface area contributed by atoms with Crippen molar-refractivity contribution in [1.82, 2.24) is 9.97 Å². The molecule has 0 unspecified atom stereocenters. The number of carbonyl (C=O) groups excluding carboxylic acids is 1. The van der Waals surface area contributed by atoms with Crippen LogP contribution in [0.1, 0.15) is 35.0 Å². The normalized spacial score (nSPS) is 12.0. The van der Waals surface area contributed by atoms with E-state index in [1.54, 1.807) is 6.92 Å². The summed E-state index contributed by atoms with van der Waals surface area (Å²) < 4.78 is 4.89. The van der Waals surface area contributed by atoms with Gasteiger partial charge in [0.25, 0.3) is 0 Å². The third-order valence-electron chi connectivity index (χ3n) is 2.92. The van der Waals surface area contributed by atoms with Crippen LogP contribution in [0.2, 0.25) is 5.02 Å². The third-order valence-corrected chi connectivity index (χ3v) is 4.28. The summed E-state index contributed by atoms with van der Waals surface area (Å²) in [6.07, 6.45) is 1.39. The Morgan fingerprint density at radius 2 is 2.18 bits per heavy atom. The summed E-state index contributed by atoms with van der Waals surface area (Å²) >= 11 is 7.60. The van der Waals surface area contributed by atoms with Crippen molar-refractivity contribution in [2.45, 2.75) is 24.3 Å². The Kier molecular flexibility index (Phi) is 5.63. The van der Waals surface area contributed by atoms with E-state index < -0.39 is 5.97 Å². The maximum absolute atomic E-state index is 11.7. The highest BCUT2D eigenvalue weighted by atomic mass is 35.5. The van der Waals surface area contributed by atoms with Crippen molar-refractivity contribution in [2.75, 3.05) is 12.3 Å². The van der Waals surface area contributed by atoms with E-state index in [0.717, 1.165) is 5.56 Å². The molecule has 1 heterocycles. The number of nitrogens with zero attached hydrogens (tertiary/aromatic N) is 2. The van der Waals surface area contributed by atoms with Gasteiger partial charge in [-0.05, 0) is 25.5 Å². The lowest BCUT2D eigenvalue weighted by Gasteiger charge is -2.12. The number of thioether (sulfide) groups is 1. The molecule has 0 aliphatic carbocycles. The van der Waals surface area contributed by atoms with Gasteiger partial charge in [0.15, 0.2) is 5.16 Å². The third kappa shape index (κ3) is 3.90. The number of carbonyl (C=O) groups is 1. The Balaban J connectivity index is 2.16. The van der Waals surface area contributed by atoms with Crippen molar-refractivity contribution in [3.63, 3.8) is 0 Å². The number of aromatic nitrogens is 2. The molecule has 0 amide bonds. The van der Waals surface area contributed by atoms with Gasteiger partial charge in [-0.25, -0.2) is 14.8 Å². The lowest BCUT2D eigenvalue weighted by Crippen LogP contribution is -2.10. The van der Waals surface area contributed by atoms with Crippen LogP contribution in [-0.4, -0.2) is 22.5 Å². The maximum atomic E-state index is 11.7. The van der Waals surface area contributed by atoms with Gasteiger partial charge >= 0.3 is 5.97 Å². The predicted octanol–water partition coefficient (Wildman–Crippen LogP) is 3.74. The highest BCUT2D eigenvalue weighted by Crippen LogP contribution is 2.36. The number of nitrogen functional groups attached to an aromatic ring is 1. The van der Waals surface area contributed by atoms with E-state index in [-0.39, 0.29) is 23.2 Å². The summed E-state index contributed by atoms with van der Waals surface area (Å²) in [6.45, 7) is 4.01. The number of anilines is 1. The molecule has 22 heavy (non-hydrogen) atoms. The second-order valence-corrected chi connectivity index (χ2v) is 6.17. The number of ether oxygens (including phenoxy) is 1. The fraction of sp³-hybridized carbons (Fsp3) is 0.267. The quantitative estimate of drug-likeness (QED) is 0.508. The van der Waals surface area contributed by atoms with E-state index in [1.165, 1.54) is 18.0 Å². The van der Waals surface area contributed by atoms with Crippen LogP contribution in [0.15, 0.2) is 35.6 Å². The molecule has 1 aromatic heterocycles. The molecule has 0 bridgehead atoms. The molecule has 1 atom stereocenters. The van der Waals surface area contributed by atoms with Crippen LogP contribution in [0.3, 0.4) is 0 Å². The average molecular weight is 338 g/mol. The molecular formula is C15H16ClN3O2S. The first kappa shape index (κ1) is 16.6. The highest BCUT2D eigenvalue weighted by molar-refractivity contribution is 7.99. The second-order valence-electron chi connectivity index (χ2n) is 4.45. The molecule has 7 heteroatoms. The number of hydrogen-bond acceptors (Lipinski definition) is 6. The molecule has 2 rings (SSSR count). The van der Waals surface area contributed by atoms with Crippen molar-refractivity contribution in [1.29, 1.82) is 0 Å². The van der Waals surface area contributed by atoms with Crippen LogP contribution in [0.25, 0.3) is 0 Å². The Morgan fingerprint density at radius 1 is 1.45 bits per heavy atom. The Bertz CT molecular complexity index is 682. The molecule has 1 aromatic carbocycles. The highest BCUT2D eigenvalue weighted by Gasteiger charge is 2.16. The molecular weight excluding hydrogens is 322 g/mol. The van der Waals surface area contributed by atoms with Gasteiger partial charge in [0.2, 0.25) is 0 Å². The summed E-state index contributed by atoms with van der Waals surface area (Å²) in [7, 11) is 0. The van der Waals surface area contributed by atoms with Gasteiger partial charge in [0, 0.05) is 16.5 Å². The first-order valence-corrected chi connectivity index (χ1v) is 7.99. The number of rotatable bonds is 5. The van der Waals surface area contributed by atoms with Crippen LogP contribution in [0, 0.1) is 0 Å². The maximum Gasteiger partial charge on any atom is 0.343 e. The molecule has 0 aliphatic heterocycles.